The van der Waals surface area contributed by atoms with E-state index < -0.39 is 0 Å². The molecule has 1 nitrogen and oxygen atoms in total. The molecule has 89 valence electrons. The largest absolute Gasteiger partial charge is 0.497 e. The molecule has 1 heteroatoms. The highest BCUT2D eigenvalue weighted by Gasteiger charge is 2.21. The number of unbranched alkanes of at least 4 members (excludes halogenated alkanes) is 3. The van der Waals surface area contributed by atoms with E-state index in [4.69, 9.17) is 4.74 Å². The fourth-order valence-corrected chi connectivity index (χ4v) is 2.62. The van der Waals surface area contributed by atoms with Crippen molar-refractivity contribution in [1.29, 1.82) is 0 Å². The van der Waals surface area contributed by atoms with Crippen LogP contribution in [-0.4, -0.2) is 6.61 Å². The summed E-state index contributed by atoms with van der Waals surface area (Å²) < 4.78 is 5.33. The van der Waals surface area contributed by atoms with E-state index in [0.717, 1.165) is 12.5 Å². The van der Waals surface area contributed by atoms with E-state index in [2.05, 4.69) is 19.4 Å². The van der Waals surface area contributed by atoms with Gasteiger partial charge in [0.25, 0.3) is 0 Å². The maximum Gasteiger partial charge on any atom is 0.109 e. The summed E-state index contributed by atoms with van der Waals surface area (Å²) in [6.45, 7) is 3.10. The van der Waals surface area contributed by atoms with Crippen LogP contribution in [0.2, 0.25) is 0 Å². The molecule has 16 heavy (non-hydrogen) atoms. The molecule has 1 heterocycles. The zero-order chi connectivity index (χ0) is 11.2. The first-order valence-electron chi connectivity index (χ1n) is 6.75. The van der Waals surface area contributed by atoms with Crippen molar-refractivity contribution in [3.8, 4) is 0 Å². The van der Waals surface area contributed by atoms with Gasteiger partial charge in [0.2, 0.25) is 0 Å². The van der Waals surface area contributed by atoms with Gasteiger partial charge in [0.1, 0.15) is 6.61 Å². The van der Waals surface area contributed by atoms with Crippen molar-refractivity contribution < 1.29 is 4.74 Å². The van der Waals surface area contributed by atoms with Crippen LogP contribution in [0.15, 0.2) is 23.5 Å². The van der Waals surface area contributed by atoms with Crippen LogP contribution in [0.4, 0.5) is 0 Å². The van der Waals surface area contributed by atoms with Crippen molar-refractivity contribution >= 4 is 0 Å². The third-order valence-electron chi connectivity index (χ3n) is 3.67. The molecule has 0 spiro atoms. The van der Waals surface area contributed by atoms with E-state index in [1.165, 1.54) is 56.1 Å². The third-order valence-corrected chi connectivity index (χ3v) is 3.67. The second-order valence-electron chi connectivity index (χ2n) is 4.99. The van der Waals surface area contributed by atoms with Gasteiger partial charge in [-0.1, -0.05) is 32.6 Å². The molecule has 0 aromatic carbocycles. The number of hydrogen-bond acceptors (Lipinski definition) is 1. The van der Waals surface area contributed by atoms with Gasteiger partial charge in [-0.2, -0.15) is 0 Å². The molecule has 0 aromatic heterocycles. The molecule has 1 unspecified atom stereocenters. The van der Waals surface area contributed by atoms with Gasteiger partial charge in [-0.25, -0.2) is 0 Å². The smallest absolute Gasteiger partial charge is 0.109 e. The lowest BCUT2D eigenvalue weighted by molar-refractivity contribution is 0.264. The van der Waals surface area contributed by atoms with Crippen LogP contribution in [0.1, 0.15) is 51.9 Å². The fraction of sp³-hybridized carbons (Fsp3) is 0.667. The normalized spacial score (nSPS) is 24.2. The lowest BCUT2D eigenvalue weighted by Crippen LogP contribution is -2.15. The topological polar surface area (TPSA) is 9.23 Å². The highest BCUT2D eigenvalue weighted by atomic mass is 16.5. The predicted octanol–water partition coefficient (Wildman–Crippen LogP) is 4.41. The Morgan fingerprint density at radius 1 is 1.31 bits per heavy atom. The van der Waals surface area contributed by atoms with E-state index in [1.54, 1.807) is 0 Å². The average Bonchev–Trinajstić information content (AvgIpc) is 2.34. The average molecular weight is 219 g/mol. The summed E-state index contributed by atoms with van der Waals surface area (Å²) in [5.74, 6) is 0.818. The van der Waals surface area contributed by atoms with Crippen molar-refractivity contribution in [2.24, 2.45) is 5.92 Å². The van der Waals surface area contributed by atoms with Gasteiger partial charge in [-0.3, -0.25) is 0 Å². The highest BCUT2D eigenvalue weighted by molar-refractivity contribution is 5.37. The summed E-state index contributed by atoms with van der Waals surface area (Å²) >= 11 is 0. The lowest BCUT2D eigenvalue weighted by atomic mass is 9.81. The van der Waals surface area contributed by atoms with Crippen molar-refractivity contribution in [3.63, 3.8) is 0 Å². The summed E-state index contributed by atoms with van der Waals surface area (Å²) in [6.07, 6.45) is 16.0. The van der Waals surface area contributed by atoms with E-state index in [0.29, 0.717) is 0 Å². The molecule has 2 aliphatic rings. The van der Waals surface area contributed by atoms with Crippen molar-refractivity contribution in [2.75, 3.05) is 6.61 Å². The van der Waals surface area contributed by atoms with Crippen molar-refractivity contribution in [1.82, 2.24) is 0 Å². The van der Waals surface area contributed by atoms with Crippen LogP contribution in [0.3, 0.4) is 0 Å². The number of rotatable bonds is 5. The minimum absolute atomic E-state index is 0.818. The standard InChI is InChI=1S/C15H23O/c1-2-3-4-5-6-13-7-8-15-12-16-10-9-14(15)11-13/h9-11,13H,2-8,12H2,1H3. The maximum absolute atomic E-state index is 5.33. The van der Waals surface area contributed by atoms with Crippen molar-refractivity contribution in [2.45, 2.75) is 51.9 Å². The van der Waals surface area contributed by atoms with Crippen LogP contribution in [0.5, 0.6) is 0 Å². The van der Waals surface area contributed by atoms with Crippen LogP contribution in [-0.2, 0) is 4.74 Å². The summed E-state index contributed by atoms with van der Waals surface area (Å²) in [5, 5.41) is 0. The first-order chi connectivity index (χ1) is 7.90. The fourth-order valence-electron chi connectivity index (χ4n) is 2.62. The van der Waals surface area contributed by atoms with Crippen LogP contribution in [0.25, 0.3) is 0 Å². The van der Waals surface area contributed by atoms with E-state index in [-0.39, 0.29) is 0 Å². The van der Waals surface area contributed by atoms with Gasteiger partial charge in [-0.15, -0.1) is 0 Å². The highest BCUT2D eigenvalue weighted by Crippen LogP contribution is 2.34. The van der Waals surface area contributed by atoms with Crippen LogP contribution < -0.4 is 0 Å². The zero-order valence-electron chi connectivity index (χ0n) is 10.4. The molecule has 0 aromatic rings. The Balaban J connectivity index is 1.74. The van der Waals surface area contributed by atoms with Gasteiger partial charge >= 0.3 is 0 Å². The van der Waals surface area contributed by atoms with Gasteiger partial charge in [0.15, 0.2) is 0 Å². The minimum atomic E-state index is 0.818. The van der Waals surface area contributed by atoms with Crippen LogP contribution >= 0.6 is 0 Å². The predicted molar refractivity (Wildman–Crippen MR) is 67.9 cm³/mol. The first kappa shape index (κ1) is 11.8. The summed E-state index contributed by atoms with van der Waals surface area (Å²) in [7, 11) is 0. The quantitative estimate of drug-likeness (QED) is 0.622. The second-order valence-corrected chi connectivity index (χ2v) is 4.99. The molecular weight excluding hydrogens is 196 g/mol. The lowest BCUT2D eigenvalue weighted by Gasteiger charge is -2.27. The molecular formula is C15H23O. The minimum Gasteiger partial charge on any atom is -0.497 e. The Labute approximate surface area is 99.6 Å². The van der Waals surface area contributed by atoms with Crippen LogP contribution in [0, 0.1) is 12.3 Å². The molecule has 0 saturated heterocycles. The number of allylic oxidation sites excluding steroid dienone is 2. The van der Waals surface area contributed by atoms with E-state index >= 15 is 0 Å². The molecule has 0 amide bonds. The molecule has 1 aliphatic heterocycles. The Morgan fingerprint density at radius 2 is 2.25 bits per heavy atom. The molecule has 1 atom stereocenters. The molecule has 0 N–H and O–H groups in total. The SMILES string of the molecule is CCCCCCC1[CH]C2=C(CC1)COC=C2. The van der Waals surface area contributed by atoms with Gasteiger partial charge in [-0.05, 0) is 48.8 Å². The van der Waals surface area contributed by atoms with Gasteiger partial charge in [0, 0.05) is 0 Å². The Bertz CT molecular complexity index is 275. The van der Waals surface area contributed by atoms with Gasteiger partial charge in [0.05, 0.1) is 6.26 Å². The van der Waals surface area contributed by atoms with E-state index in [9.17, 15) is 0 Å². The summed E-state index contributed by atoms with van der Waals surface area (Å²) in [6, 6.07) is 0. The Hall–Kier alpha value is -0.720. The molecule has 0 saturated carbocycles. The molecule has 2 rings (SSSR count). The summed E-state index contributed by atoms with van der Waals surface area (Å²) in [4.78, 5) is 0. The third kappa shape index (κ3) is 3.13. The summed E-state index contributed by atoms with van der Waals surface area (Å²) in [5.41, 5.74) is 2.96. The Morgan fingerprint density at radius 3 is 3.12 bits per heavy atom. The zero-order valence-corrected chi connectivity index (χ0v) is 10.4. The maximum atomic E-state index is 5.33. The monoisotopic (exact) mass is 219 g/mol. The molecule has 0 bridgehead atoms. The van der Waals surface area contributed by atoms with Crippen molar-refractivity contribution in [3.05, 3.63) is 29.9 Å². The number of ether oxygens (including phenoxy) is 1. The molecule has 1 radical (unpaired) electrons. The second kappa shape index (κ2) is 6.12. The van der Waals surface area contributed by atoms with E-state index in [1.807, 2.05) is 6.26 Å². The number of hydrogen-bond donors (Lipinski definition) is 0. The molecule has 0 fully saturated rings. The molecule has 1 aliphatic carbocycles. The van der Waals surface area contributed by atoms with Gasteiger partial charge < -0.3 is 4.74 Å². The first-order valence-corrected chi connectivity index (χ1v) is 6.75. The Kier molecular flexibility index (Phi) is 4.50.